The topological polar surface area (TPSA) is 29.9 Å². The molecule has 110 valence electrons. The van der Waals surface area contributed by atoms with E-state index in [2.05, 4.69) is 72.6 Å². The van der Waals surface area contributed by atoms with Crippen molar-refractivity contribution in [2.75, 3.05) is 6.54 Å². The molecule has 1 unspecified atom stereocenters. The summed E-state index contributed by atoms with van der Waals surface area (Å²) < 4.78 is 3.34. The van der Waals surface area contributed by atoms with Crippen LogP contribution in [0.25, 0.3) is 0 Å². The van der Waals surface area contributed by atoms with E-state index >= 15 is 0 Å². The molecule has 1 atom stereocenters. The predicted octanol–water partition coefficient (Wildman–Crippen LogP) is 3.79. The van der Waals surface area contributed by atoms with Crippen LogP contribution in [-0.2, 0) is 19.4 Å². The fourth-order valence-corrected chi connectivity index (χ4v) is 2.82. The Bertz CT molecular complexity index is 404. The maximum Gasteiger partial charge on any atom is 0.0766 e. The van der Waals surface area contributed by atoms with Crippen molar-refractivity contribution < 1.29 is 0 Å². The second-order valence-corrected chi connectivity index (χ2v) is 7.11. The van der Waals surface area contributed by atoms with Gasteiger partial charge in [0.05, 0.1) is 15.9 Å². The zero-order chi connectivity index (χ0) is 14.6. The Balaban J connectivity index is 2.73. The molecule has 1 heterocycles. The first kappa shape index (κ1) is 16.7. The lowest BCUT2D eigenvalue weighted by molar-refractivity contribution is 0.377. The minimum Gasteiger partial charge on any atom is -0.312 e. The highest BCUT2D eigenvalue weighted by atomic mass is 79.9. The molecule has 0 saturated carbocycles. The maximum absolute atomic E-state index is 4.66. The second-order valence-electron chi connectivity index (χ2n) is 6.32. The lowest BCUT2D eigenvalue weighted by Gasteiger charge is -2.23. The molecule has 0 fully saturated rings. The molecule has 19 heavy (non-hydrogen) atoms. The molecule has 1 rings (SSSR count). The summed E-state index contributed by atoms with van der Waals surface area (Å²) in [7, 11) is 0. The molecular weight excluding hydrogens is 302 g/mol. The molecule has 0 spiro atoms. The zero-order valence-corrected chi connectivity index (χ0v) is 14.8. The van der Waals surface area contributed by atoms with Crippen LogP contribution in [0, 0.1) is 5.92 Å². The lowest BCUT2D eigenvalue weighted by atomic mass is 10.0. The van der Waals surface area contributed by atoms with E-state index in [9.17, 15) is 0 Å². The van der Waals surface area contributed by atoms with E-state index in [1.807, 2.05) is 0 Å². The summed E-state index contributed by atoms with van der Waals surface area (Å²) >= 11 is 3.72. The third-order valence-corrected chi connectivity index (χ3v) is 4.13. The van der Waals surface area contributed by atoms with Crippen LogP contribution in [0.4, 0.5) is 0 Å². The summed E-state index contributed by atoms with van der Waals surface area (Å²) in [5.41, 5.74) is 2.70. The molecule has 0 amide bonds. The fourth-order valence-electron chi connectivity index (χ4n) is 2.09. The highest BCUT2D eigenvalue weighted by Crippen LogP contribution is 2.24. The summed E-state index contributed by atoms with van der Waals surface area (Å²) in [6, 6.07) is 0. The number of nitrogens with zero attached hydrogens (tertiary/aromatic N) is 2. The Hall–Kier alpha value is -0.350. The van der Waals surface area contributed by atoms with Gasteiger partial charge in [0.2, 0.25) is 0 Å². The number of aromatic nitrogens is 2. The number of hydrogen-bond donors (Lipinski definition) is 1. The van der Waals surface area contributed by atoms with Crippen molar-refractivity contribution in [2.24, 2.45) is 5.92 Å². The Labute approximate surface area is 126 Å². The van der Waals surface area contributed by atoms with Crippen molar-refractivity contribution in [2.45, 2.75) is 66.5 Å². The lowest BCUT2D eigenvalue weighted by Crippen LogP contribution is -2.39. The Kier molecular flexibility index (Phi) is 6.06. The van der Waals surface area contributed by atoms with Gasteiger partial charge in [-0.05, 0) is 68.9 Å². The van der Waals surface area contributed by atoms with Gasteiger partial charge >= 0.3 is 0 Å². The van der Waals surface area contributed by atoms with Crippen molar-refractivity contribution in [3.05, 3.63) is 15.9 Å². The van der Waals surface area contributed by atoms with E-state index in [1.54, 1.807) is 0 Å². The van der Waals surface area contributed by atoms with Crippen LogP contribution in [-0.4, -0.2) is 21.9 Å². The Morgan fingerprint density at radius 2 is 1.95 bits per heavy atom. The molecule has 0 aliphatic carbocycles. The predicted molar refractivity (Wildman–Crippen MR) is 85.6 cm³/mol. The van der Waals surface area contributed by atoms with Crippen LogP contribution in [0.2, 0.25) is 0 Å². The molecule has 4 heteroatoms. The molecule has 0 aliphatic heterocycles. The first-order chi connectivity index (χ1) is 8.78. The van der Waals surface area contributed by atoms with Crippen LogP contribution in [0.3, 0.4) is 0 Å². The van der Waals surface area contributed by atoms with Crippen LogP contribution in [0.1, 0.15) is 52.9 Å². The SMILES string of the molecule is CCc1nn(CC)c(CC(C)CNC(C)(C)C)c1Br. The Morgan fingerprint density at radius 3 is 2.42 bits per heavy atom. The third-order valence-electron chi connectivity index (χ3n) is 3.22. The van der Waals surface area contributed by atoms with Crippen molar-refractivity contribution in [3.8, 4) is 0 Å². The van der Waals surface area contributed by atoms with Gasteiger partial charge in [-0.25, -0.2) is 0 Å². The van der Waals surface area contributed by atoms with Crippen molar-refractivity contribution in [1.29, 1.82) is 0 Å². The molecule has 0 saturated heterocycles. The minimum atomic E-state index is 0.186. The molecule has 0 aliphatic rings. The second kappa shape index (κ2) is 6.89. The van der Waals surface area contributed by atoms with Gasteiger partial charge in [-0.2, -0.15) is 5.10 Å². The van der Waals surface area contributed by atoms with E-state index in [0.29, 0.717) is 5.92 Å². The Morgan fingerprint density at radius 1 is 1.32 bits per heavy atom. The highest BCUT2D eigenvalue weighted by Gasteiger charge is 2.17. The van der Waals surface area contributed by atoms with Crippen molar-refractivity contribution >= 4 is 15.9 Å². The van der Waals surface area contributed by atoms with Gasteiger partial charge in [-0.3, -0.25) is 4.68 Å². The van der Waals surface area contributed by atoms with E-state index in [1.165, 1.54) is 15.9 Å². The molecule has 0 bridgehead atoms. The molecule has 1 aromatic heterocycles. The van der Waals surface area contributed by atoms with E-state index in [-0.39, 0.29) is 5.54 Å². The first-order valence-corrected chi connectivity index (χ1v) is 8.06. The highest BCUT2D eigenvalue weighted by molar-refractivity contribution is 9.10. The molecule has 1 N–H and O–H groups in total. The smallest absolute Gasteiger partial charge is 0.0766 e. The van der Waals surface area contributed by atoms with E-state index in [0.717, 1.165) is 25.9 Å². The van der Waals surface area contributed by atoms with Gasteiger partial charge in [0.15, 0.2) is 0 Å². The molecule has 3 nitrogen and oxygen atoms in total. The van der Waals surface area contributed by atoms with Gasteiger partial charge in [0.1, 0.15) is 0 Å². The number of halogens is 1. The largest absolute Gasteiger partial charge is 0.312 e. The summed E-state index contributed by atoms with van der Waals surface area (Å²) in [5, 5.41) is 8.23. The summed E-state index contributed by atoms with van der Waals surface area (Å²) in [4.78, 5) is 0. The number of aryl methyl sites for hydroxylation is 2. The fraction of sp³-hybridized carbons (Fsp3) is 0.800. The van der Waals surface area contributed by atoms with Gasteiger partial charge < -0.3 is 5.32 Å². The third kappa shape index (κ3) is 4.92. The molecular formula is C15H28BrN3. The monoisotopic (exact) mass is 329 g/mol. The van der Waals surface area contributed by atoms with Crippen LogP contribution in [0.5, 0.6) is 0 Å². The quantitative estimate of drug-likeness (QED) is 0.860. The first-order valence-electron chi connectivity index (χ1n) is 7.27. The average molecular weight is 330 g/mol. The zero-order valence-electron chi connectivity index (χ0n) is 13.2. The van der Waals surface area contributed by atoms with E-state index in [4.69, 9.17) is 0 Å². The summed E-state index contributed by atoms with van der Waals surface area (Å²) in [6.45, 7) is 15.2. The molecule has 1 aromatic rings. The average Bonchev–Trinajstić information content (AvgIpc) is 2.63. The number of hydrogen-bond acceptors (Lipinski definition) is 2. The van der Waals surface area contributed by atoms with Crippen LogP contribution < -0.4 is 5.32 Å². The summed E-state index contributed by atoms with van der Waals surface area (Å²) in [5.74, 6) is 0.599. The summed E-state index contributed by atoms with van der Waals surface area (Å²) in [6.07, 6.45) is 2.04. The van der Waals surface area contributed by atoms with Gasteiger partial charge in [-0.15, -0.1) is 0 Å². The maximum atomic E-state index is 4.66. The van der Waals surface area contributed by atoms with Crippen molar-refractivity contribution in [1.82, 2.24) is 15.1 Å². The van der Waals surface area contributed by atoms with E-state index < -0.39 is 0 Å². The van der Waals surface area contributed by atoms with Gasteiger partial charge in [0.25, 0.3) is 0 Å². The van der Waals surface area contributed by atoms with Gasteiger partial charge in [0, 0.05) is 12.1 Å². The molecule has 0 aromatic carbocycles. The van der Waals surface area contributed by atoms with Gasteiger partial charge in [-0.1, -0.05) is 13.8 Å². The number of rotatable bonds is 6. The standard InChI is InChI=1S/C15H28BrN3/c1-7-12-14(16)13(19(8-2)18-12)9-11(3)10-17-15(4,5)6/h11,17H,7-10H2,1-6H3. The molecule has 0 radical (unpaired) electrons. The minimum absolute atomic E-state index is 0.186. The number of nitrogens with one attached hydrogen (secondary N) is 1. The normalized spacial score (nSPS) is 13.8. The van der Waals surface area contributed by atoms with Crippen LogP contribution in [0.15, 0.2) is 4.47 Å². The van der Waals surface area contributed by atoms with Crippen LogP contribution >= 0.6 is 15.9 Å². The van der Waals surface area contributed by atoms with Crippen molar-refractivity contribution in [3.63, 3.8) is 0 Å².